The van der Waals surface area contributed by atoms with Crippen LogP contribution < -0.4 is 20.2 Å². The van der Waals surface area contributed by atoms with Crippen LogP contribution in [0, 0.1) is 0 Å². The maximum atomic E-state index is 11.8. The van der Waals surface area contributed by atoms with Gasteiger partial charge in [-0.3, -0.25) is 0 Å². The number of rotatable bonds is 9. The highest BCUT2D eigenvalue weighted by molar-refractivity contribution is 6.30. The Morgan fingerprint density at radius 3 is 2.63 bits per heavy atom. The van der Waals surface area contributed by atoms with Crippen LogP contribution in [0.5, 0.6) is 11.5 Å². The van der Waals surface area contributed by atoms with Gasteiger partial charge in [-0.05, 0) is 54.4 Å². The van der Waals surface area contributed by atoms with Gasteiger partial charge in [0, 0.05) is 10.7 Å². The average molecular weight is 390 g/mol. The van der Waals surface area contributed by atoms with Crippen molar-refractivity contribution in [1.82, 2.24) is 5.43 Å². The second-order valence-corrected chi connectivity index (χ2v) is 6.23. The summed E-state index contributed by atoms with van der Waals surface area (Å²) >= 11 is 5.81. The molecular weight excluding hydrogens is 366 g/mol. The molecule has 0 bridgehead atoms. The number of benzene rings is 2. The Kier molecular flexibility index (Phi) is 8.45. The highest BCUT2D eigenvalue weighted by atomic mass is 35.5. The van der Waals surface area contributed by atoms with Crippen molar-refractivity contribution < 1.29 is 14.3 Å². The zero-order chi connectivity index (χ0) is 19.5. The SMILES string of the molecule is CCCCCOc1ccc(/C=N\NC(=O)Nc2ccc(Cl)cc2)cc1OC. The van der Waals surface area contributed by atoms with E-state index in [4.69, 9.17) is 21.1 Å². The Hall–Kier alpha value is -2.73. The summed E-state index contributed by atoms with van der Waals surface area (Å²) in [5.41, 5.74) is 3.81. The van der Waals surface area contributed by atoms with Gasteiger partial charge in [0.1, 0.15) is 0 Å². The van der Waals surface area contributed by atoms with Crippen LogP contribution in [0.15, 0.2) is 47.6 Å². The molecule has 0 spiro atoms. The molecule has 2 N–H and O–H groups in total. The number of ether oxygens (including phenoxy) is 2. The number of nitrogens with zero attached hydrogens (tertiary/aromatic N) is 1. The van der Waals surface area contributed by atoms with Crippen LogP contribution in [-0.2, 0) is 0 Å². The van der Waals surface area contributed by atoms with Gasteiger partial charge in [-0.2, -0.15) is 5.10 Å². The van der Waals surface area contributed by atoms with Crippen molar-refractivity contribution in [3.63, 3.8) is 0 Å². The van der Waals surface area contributed by atoms with Crippen LogP contribution >= 0.6 is 11.6 Å². The molecule has 27 heavy (non-hydrogen) atoms. The Balaban J connectivity index is 1.88. The van der Waals surface area contributed by atoms with Crippen LogP contribution in [0.4, 0.5) is 10.5 Å². The topological polar surface area (TPSA) is 72.0 Å². The lowest BCUT2D eigenvalue weighted by Crippen LogP contribution is -2.24. The fourth-order valence-corrected chi connectivity index (χ4v) is 2.40. The lowest BCUT2D eigenvalue weighted by atomic mass is 10.2. The molecule has 0 fully saturated rings. The monoisotopic (exact) mass is 389 g/mol. The second kappa shape index (κ2) is 11.1. The lowest BCUT2D eigenvalue weighted by Gasteiger charge is -2.11. The smallest absolute Gasteiger partial charge is 0.339 e. The molecule has 0 saturated carbocycles. The number of hydrogen-bond donors (Lipinski definition) is 2. The van der Waals surface area contributed by atoms with Gasteiger partial charge in [0.2, 0.25) is 0 Å². The van der Waals surface area contributed by atoms with Crippen molar-refractivity contribution in [2.24, 2.45) is 5.10 Å². The van der Waals surface area contributed by atoms with E-state index in [-0.39, 0.29) is 0 Å². The lowest BCUT2D eigenvalue weighted by molar-refractivity contribution is 0.252. The van der Waals surface area contributed by atoms with E-state index in [0.717, 1.165) is 24.8 Å². The van der Waals surface area contributed by atoms with Gasteiger partial charge < -0.3 is 14.8 Å². The van der Waals surface area contributed by atoms with E-state index in [1.807, 2.05) is 12.1 Å². The molecule has 0 heterocycles. The van der Waals surface area contributed by atoms with Gasteiger partial charge in [0.05, 0.1) is 19.9 Å². The minimum Gasteiger partial charge on any atom is -0.493 e. The summed E-state index contributed by atoms with van der Waals surface area (Å²) in [7, 11) is 1.59. The number of hydrazone groups is 1. The maximum absolute atomic E-state index is 11.8. The fourth-order valence-electron chi connectivity index (χ4n) is 2.28. The second-order valence-electron chi connectivity index (χ2n) is 5.80. The van der Waals surface area contributed by atoms with Gasteiger partial charge in [-0.1, -0.05) is 31.4 Å². The quantitative estimate of drug-likeness (QED) is 0.357. The maximum Gasteiger partial charge on any atom is 0.339 e. The average Bonchev–Trinajstić information content (AvgIpc) is 2.67. The third-order valence-electron chi connectivity index (χ3n) is 3.67. The minimum absolute atomic E-state index is 0.448. The Morgan fingerprint density at radius 1 is 1.15 bits per heavy atom. The molecule has 2 aromatic carbocycles. The molecule has 7 heteroatoms. The Labute approximate surface area is 164 Å². The van der Waals surface area contributed by atoms with E-state index in [0.29, 0.717) is 28.8 Å². The van der Waals surface area contributed by atoms with E-state index in [9.17, 15) is 4.79 Å². The summed E-state index contributed by atoms with van der Waals surface area (Å²) in [4.78, 5) is 11.8. The molecule has 2 aromatic rings. The number of unbranched alkanes of at least 4 members (excludes halogenated alkanes) is 2. The van der Waals surface area contributed by atoms with Gasteiger partial charge in [0.15, 0.2) is 11.5 Å². The number of urea groups is 1. The molecule has 0 aliphatic rings. The van der Waals surface area contributed by atoms with E-state index in [1.54, 1.807) is 37.4 Å². The van der Waals surface area contributed by atoms with Crippen LogP contribution in [0.2, 0.25) is 5.02 Å². The molecule has 144 valence electrons. The van der Waals surface area contributed by atoms with Crippen LogP contribution in [0.25, 0.3) is 0 Å². The van der Waals surface area contributed by atoms with Crippen molar-refractivity contribution in [1.29, 1.82) is 0 Å². The minimum atomic E-state index is -0.448. The largest absolute Gasteiger partial charge is 0.493 e. The third-order valence-corrected chi connectivity index (χ3v) is 3.93. The summed E-state index contributed by atoms with van der Waals surface area (Å²) in [6.07, 6.45) is 4.83. The molecule has 2 amide bonds. The molecule has 0 atom stereocenters. The fraction of sp³-hybridized carbons (Fsp3) is 0.300. The van der Waals surface area contributed by atoms with E-state index < -0.39 is 6.03 Å². The molecule has 2 rings (SSSR count). The molecule has 0 aromatic heterocycles. The zero-order valence-corrected chi connectivity index (χ0v) is 16.3. The third kappa shape index (κ3) is 7.19. The number of methoxy groups -OCH3 is 1. The Bertz CT molecular complexity index is 764. The van der Waals surface area contributed by atoms with Crippen LogP contribution in [0.1, 0.15) is 31.7 Å². The molecule has 0 aliphatic carbocycles. The Morgan fingerprint density at radius 2 is 1.93 bits per heavy atom. The number of halogens is 1. The molecule has 0 saturated heterocycles. The predicted molar refractivity (Wildman–Crippen MR) is 109 cm³/mol. The van der Waals surface area contributed by atoms with E-state index >= 15 is 0 Å². The highest BCUT2D eigenvalue weighted by Crippen LogP contribution is 2.27. The number of hydrogen-bond acceptors (Lipinski definition) is 4. The number of amides is 2. The van der Waals surface area contributed by atoms with Crippen molar-refractivity contribution in [3.8, 4) is 11.5 Å². The summed E-state index contributed by atoms with van der Waals surface area (Å²) < 4.78 is 11.1. The standard InChI is InChI=1S/C20H24ClN3O3/c1-3-4-5-12-27-18-11-6-15(13-19(18)26-2)14-22-24-20(25)23-17-9-7-16(21)8-10-17/h6-11,13-14H,3-5,12H2,1-2H3,(H2,23,24,25)/b22-14-. The van der Waals surface area contributed by atoms with E-state index in [1.165, 1.54) is 6.21 Å². The van der Waals surface area contributed by atoms with Gasteiger partial charge in [0.25, 0.3) is 0 Å². The van der Waals surface area contributed by atoms with Gasteiger partial charge in [-0.15, -0.1) is 0 Å². The first-order chi connectivity index (χ1) is 13.1. The zero-order valence-electron chi connectivity index (χ0n) is 15.5. The molecule has 0 unspecified atom stereocenters. The van der Waals surface area contributed by atoms with Crippen molar-refractivity contribution in [2.75, 3.05) is 19.0 Å². The van der Waals surface area contributed by atoms with Crippen LogP contribution in [0.3, 0.4) is 0 Å². The van der Waals surface area contributed by atoms with Gasteiger partial charge >= 0.3 is 6.03 Å². The first-order valence-electron chi connectivity index (χ1n) is 8.79. The highest BCUT2D eigenvalue weighted by Gasteiger charge is 2.05. The normalized spacial score (nSPS) is 10.6. The predicted octanol–water partition coefficient (Wildman–Crippen LogP) is 5.07. The molecule has 0 radical (unpaired) electrons. The van der Waals surface area contributed by atoms with Crippen molar-refractivity contribution in [3.05, 3.63) is 53.1 Å². The first-order valence-corrected chi connectivity index (χ1v) is 9.16. The van der Waals surface area contributed by atoms with Gasteiger partial charge in [-0.25, -0.2) is 10.2 Å². The van der Waals surface area contributed by atoms with E-state index in [2.05, 4.69) is 22.8 Å². The number of carbonyl (C=O) groups is 1. The van der Waals surface area contributed by atoms with Crippen molar-refractivity contribution >= 4 is 29.5 Å². The molecule has 6 nitrogen and oxygen atoms in total. The number of carbonyl (C=O) groups excluding carboxylic acids is 1. The summed E-state index contributed by atoms with van der Waals surface area (Å²) in [5.74, 6) is 1.32. The molecule has 0 aliphatic heterocycles. The summed E-state index contributed by atoms with van der Waals surface area (Å²) in [6.45, 7) is 2.81. The summed E-state index contributed by atoms with van der Waals surface area (Å²) in [6, 6.07) is 11.8. The number of anilines is 1. The first kappa shape index (κ1) is 20.6. The molecular formula is C20H24ClN3O3. The van der Waals surface area contributed by atoms with Crippen LogP contribution in [-0.4, -0.2) is 26.0 Å². The summed E-state index contributed by atoms with van der Waals surface area (Å²) in [5, 5.41) is 7.19. The number of nitrogens with one attached hydrogen (secondary N) is 2. The van der Waals surface area contributed by atoms with Crippen molar-refractivity contribution in [2.45, 2.75) is 26.2 Å².